The first kappa shape index (κ1) is 13.4. The van der Waals surface area contributed by atoms with E-state index in [1.807, 2.05) is 0 Å². The fraction of sp³-hybridized carbons (Fsp3) is 0.625. The highest BCUT2D eigenvalue weighted by Gasteiger charge is 2.30. The smallest absolute Gasteiger partial charge is 0.0376 e. The molecule has 0 bridgehead atoms. The average Bonchev–Trinajstić information content (AvgIpc) is 2.36. The van der Waals surface area contributed by atoms with Gasteiger partial charge in [0.05, 0.1) is 0 Å². The highest BCUT2D eigenvalue weighted by Crippen LogP contribution is 2.29. The lowest BCUT2D eigenvalue weighted by atomic mass is 9.96. The monoisotopic (exact) mass is 246 g/mol. The highest BCUT2D eigenvalue weighted by molar-refractivity contribution is 5.53. The lowest BCUT2D eigenvalue weighted by Gasteiger charge is -2.40. The third-order valence-electron chi connectivity index (χ3n) is 3.93. The van der Waals surface area contributed by atoms with Crippen LogP contribution < -0.4 is 10.2 Å². The van der Waals surface area contributed by atoms with Crippen molar-refractivity contribution in [2.45, 2.75) is 52.6 Å². The van der Waals surface area contributed by atoms with Gasteiger partial charge in [-0.25, -0.2) is 0 Å². The number of benzene rings is 1. The first-order valence-corrected chi connectivity index (χ1v) is 6.98. The largest absolute Gasteiger partial charge is 0.365 e. The van der Waals surface area contributed by atoms with Gasteiger partial charge in [0.15, 0.2) is 0 Å². The zero-order valence-electron chi connectivity index (χ0n) is 12.4. The molecule has 0 aliphatic carbocycles. The predicted molar refractivity (Wildman–Crippen MR) is 79.4 cm³/mol. The van der Waals surface area contributed by atoms with Gasteiger partial charge < -0.3 is 10.2 Å². The Kier molecular flexibility index (Phi) is 3.67. The van der Waals surface area contributed by atoms with E-state index in [0.717, 1.165) is 13.1 Å². The Labute approximate surface area is 111 Å². The molecule has 1 aliphatic rings. The second-order valence-corrected chi connectivity index (χ2v) is 6.37. The molecule has 2 rings (SSSR count). The molecule has 1 fully saturated rings. The Balaban J connectivity index is 2.38. The van der Waals surface area contributed by atoms with Crippen LogP contribution in [0, 0.1) is 13.8 Å². The third-order valence-corrected chi connectivity index (χ3v) is 3.93. The zero-order valence-corrected chi connectivity index (χ0v) is 12.4. The molecule has 1 aromatic carbocycles. The van der Waals surface area contributed by atoms with E-state index in [1.54, 1.807) is 0 Å². The van der Waals surface area contributed by atoms with Crippen molar-refractivity contribution in [3.8, 4) is 0 Å². The molecule has 0 amide bonds. The maximum atomic E-state index is 3.59. The first-order chi connectivity index (χ1) is 8.38. The summed E-state index contributed by atoms with van der Waals surface area (Å²) >= 11 is 0. The lowest BCUT2D eigenvalue weighted by molar-refractivity contribution is 0.453. The number of anilines is 1. The van der Waals surface area contributed by atoms with Crippen LogP contribution in [0.1, 0.15) is 38.3 Å². The predicted octanol–water partition coefficient (Wildman–Crippen LogP) is 3.27. The van der Waals surface area contributed by atoms with Crippen molar-refractivity contribution in [1.29, 1.82) is 0 Å². The number of nitrogens with one attached hydrogen (secondary N) is 1. The minimum absolute atomic E-state index is 0.220. The molecule has 100 valence electrons. The van der Waals surface area contributed by atoms with Crippen LogP contribution in [-0.4, -0.2) is 24.7 Å². The molecular formula is C16H26N2. The van der Waals surface area contributed by atoms with Gasteiger partial charge in [-0.3, -0.25) is 0 Å². The van der Waals surface area contributed by atoms with Crippen molar-refractivity contribution in [2.75, 3.05) is 18.0 Å². The van der Waals surface area contributed by atoms with E-state index >= 15 is 0 Å². The molecule has 1 unspecified atom stereocenters. The van der Waals surface area contributed by atoms with E-state index in [9.17, 15) is 0 Å². The van der Waals surface area contributed by atoms with Gasteiger partial charge in [0, 0.05) is 23.8 Å². The third kappa shape index (κ3) is 2.86. The fourth-order valence-electron chi connectivity index (χ4n) is 2.91. The summed E-state index contributed by atoms with van der Waals surface area (Å²) in [4.78, 5) is 2.57. The van der Waals surface area contributed by atoms with E-state index in [4.69, 9.17) is 0 Å². The van der Waals surface area contributed by atoms with E-state index in [1.165, 1.54) is 23.2 Å². The molecule has 1 aromatic rings. The molecular weight excluding hydrogens is 220 g/mol. The standard InChI is InChI=1S/C16H26N2/c1-12-8-13(2)10-15(9-12)18-11-14(3)17-7-6-16(18,4)5/h8-10,14,17H,6-7,11H2,1-5H3. The molecule has 2 nitrogen and oxygen atoms in total. The van der Waals surface area contributed by atoms with Crippen LogP contribution in [0.3, 0.4) is 0 Å². The van der Waals surface area contributed by atoms with Crippen LogP contribution in [0.5, 0.6) is 0 Å². The maximum absolute atomic E-state index is 3.59. The minimum Gasteiger partial charge on any atom is -0.365 e. The normalized spacial score (nSPS) is 23.8. The first-order valence-electron chi connectivity index (χ1n) is 6.98. The SMILES string of the molecule is Cc1cc(C)cc(N2CC(C)NCCC2(C)C)c1. The molecule has 1 saturated heterocycles. The van der Waals surface area contributed by atoms with Gasteiger partial charge in [-0.1, -0.05) is 6.07 Å². The fourth-order valence-corrected chi connectivity index (χ4v) is 2.91. The number of nitrogens with zero attached hydrogens (tertiary/aromatic N) is 1. The zero-order chi connectivity index (χ0) is 13.3. The second kappa shape index (κ2) is 4.93. The molecule has 0 spiro atoms. The molecule has 0 aromatic heterocycles. The Morgan fingerprint density at radius 1 is 1.17 bits per heavy atom. The van der Waals surface area contributed by atoms with Gasteiger partial charge in [0.2, 0.25) is 0 Å². The van der Waals surface area contributed by atoms with Gasteiger partial charge in [0.1, 0.15) is 0 Å². The van der Waals surface area contributed by atoms with Gasteiger partial charge in [-0.05, 0) is 70.8 Å². The summed E-state index contributed by atoms with van der Waals surface area (Å²) in [6.07, 6.45) is 1.18. The van der Waals surface area contributed by atoms with Crippen molar-refractivity contribution < 1.29 is 0 Å². The highest BCUT2D eigenvalue weighted by atomic mass is 15.2. The number of rotatable bonds is 1. The van der Waals surface area contributed by atoms with Crippen molar-refractivity contribution in [3.63, 3.8) is 0 Å². The summed E-state index contributed by atoms with van der Waals surface area (Å²) in [5, 5.41) is 3.59. The molecule has 0 saturated carbocycles. The summed E-state index contributed by atoms with van der Waals surface area (Å²) in [7, 11) is 0. The van der Waals surface area contributed by atoms with Crippen molar-refractivity contribution in [2.24, 2.45) is 0 Å². The van der Waals surface area contributed by atoms with E-state index in [2.05, 4.69) is 63.0 Å². The average molecular weight is 246 g/mol. The minimum atomic E-state index is 0.220. The van der Waals surface area contributed by atoms with Crippen LogP contribution in [0.25, 0.3) is 0 Å². The number of hydrogen-bond acceptors (Lipinski definition) is 2. The van der Waals surface area contributed by atoms with Crippen molar-refractivity contribution >= 4 is 5.69 Å². The Bertz CT molecular complexity index is 403. The molecule has 2 heteroatoms. The van der Waals surface area contributed by atoms with Crippen LogP contribution in [0.2, 0.25) is 0 Å². The molecule has 1 aliphatic heterocycles. The summed E-state index contributed by atoms with van der Waals surface area (Å²) < 4.78 is 0. The van der Waals surface area contributed by atoms with Crippen molar-refractivity contribution in [1.82, 2.24) is 5.32 Å². The quantitative estimate of drug-likeness (QED) is 0.818. The summed E-state index contributed by atoms with van der Waals surface area (Å²) in [5.41, 5.74) is 4.29. The summed E-state index contributed by atoms with van der Waals surface area (Å²) in [5.74, 6) is 0. The molecule has 1 N–H and O–H groups in total. The van der Waals surface area contributed by atoms with E-state index in [0.29, 0.717) is 6.04 Å². The lowest BCUT2D eigenvalue weighted by Crippen LogP contribution is -2.46. The Hall–Kier alpha value is -1.02. The van der Waals surface area contributed by atoms with Gasteiger partial charge in [0.25, 0.3) is 0 Å². The van der Waals surface area contributed by atoms with E-state index < -0.39 is 0 Å². The molecule has 1 heterocycles. The summed E-state index contributed by atoms with van der Waals surface area (Å²) in [6.45, 7) is 13.5. The summed E-state index contributed by atoms with van der Waals surface area (Å²) in [6, 6.07) is 7.42. The van der Waals surface area contributed by atoms with Crippen LogP contribution in [-0.2, 0) is 0 Å². The second-order valence-electron chi connectivity index (χ2n) is 6.37. The van der Waals surface area contributed by atoms with Gasteiger partial charge in [-0.15, -0.1) is 0 Å². The Morgan fingerprint density at radius 2 is 1.78 bits per heavy atom. The van der Waals surface area contributed by atoms with Crippen LogP contribution >= 0.6 is 0 Å². The topological polar surface area (TPSA) is 15.3 Å². The van der Waals surface area contributed by atoms with Gasteiger partial charge in [-0.2, -0.15) is 0 Å². The van der Waals surface area contributed by atoms with Crippen molar-refractivity contribution in [3.05, 3.63) is 29.3 Å². The molecule has 18 heavy (non-hydrogen) atoms. The van der Waals surface area contributed by atoms with Crippen LogP contribution in [0.4, 0.5) is 5.69 Å². The van der Waals surface area contributed by atoms with Crippen LogP contribution in [0.15, 0.2) is 18.2 Å². The Morgan fingerprint density at radius 3 is 2.39 bits per heavy atom. The van der Waals surface area contributed by atoms with Gasteiger partial charge >= 0.3 is 0 Å². The molecule has 1 atom stereocenters. The number of hydrogen-bond donors (Lipinski definition) is 1. The number of aryl methyl sites for hydroxylation is 2. The maximum Gasteiger partial charge on any atom is 0.0376 e. The molecule has 0 radical (unpaired) electrons. The van der Waals surface area contributed by atoms with E-state index in [-0.39, 0.29) is 5.54 Å².